The van der Waals surface area contributed by atoms with Crippen molar-refractivity contribution in [1.29, 1.82) is 0 Å². The largest absolute Gasteiger partial charge is 0.462 e. The Hall–Kier alpha value is -4.45. The molecule has 0 aromatic rings. The van der Waals surface area contributed by atoms with Crippen LogP contribution in [0.3, 0.4) is 0 Å². The van der Waals surface area contributed by atoms with Crippen molar-refractivity contribution in [2.75, 3.05) is 13.2 Å². The molecule has 1 unspecified atom stereocenters. The monoisotopic (exact) mass is 1120 g/mol. The third kappa shape index (κ3) is 66.2. The quantitative estimate of drug-likeness (QED) is 0.0261. The molecule has 0 aliphatic carbocycles. The van der Waals surface area contributed by atoms with E-state index in [-0.39, 0.29) is 31.1 Å². The lowest BCUT2D eigenvalue weighted by Crippen LogP contribution is -2.30. The summed E-state index contributed by atoms with van der Waals surface area (Å²) in [7, 11) is 0. The maximum absolute atomic E-state index is 12.9. The van der Waals surface area contributed by atoms with Crippen LogP contribution in [0, 0.1) is 0 Å². The first-order valence-corrected chi connectivity index (χ1v) is 33.7. The minimum atomic E-state index is -0.792. The van der Waals surface area contributed by atoms with E-state index in [0.717, 1.165) is 141 Å². The predicted molar refractivity (Wildman–Crippen MR) is 353 cm³/mol. The first-order valence-electron chi connectivity index (χ1n) is 33.7. The summed E-state index contributed by atoms with van der Waals surface area (Å²) in [5, 5.41) is 0. The Kier molecular flexibility index (Phi) is 64.3. The average Bonchev–Trinajstić information content (AvgIpc) is 3.47. The zero-order valence-corrected chi connectivity index (χ0v) is 52.8. The molecule has 0 aliphatic heterocycles. The zero-order chi connectivity index (χ0) is 58.5. The molecule has 0 bridgehead atoms. The Morgan fingerprint density at radius 3 is 0.815 bits per heavy atom. The van der Waals surface area contributed by atoms with Gasteiger partial charge < -0.3 is 14.2 Å². The highest BCUT2D eigenvalue weighted by molar-refractivity contribution is 5.71. The molecule has 0 spiro atoms. The molecular formula is C75H124O6. The third-order valence-corrected chi connectivity index (χ3v) is 14.1. The molecule has 1 atom stereocenters. The van der Waals surface area contributed by atoms with Crippen LogP contribution in [-0.2, 0) is 28.6 Å². The smallest absolute Gasteiger partial charge is 0.306 e. The van der Waals surface area contributed by atoms with Crippen molar-refractivity contribution < 1.29 is 28.6 Å². The molecule has 6 heteroatoms. The molecule has 460 valence electrons. The van der Waals surface area contributed by atoms with Gasteiger partial charge in [0, 0.05) is 19.3 Å². The van der Waals surface area contributed by atoms with Crippen LogP contribution in [0.2, 0.25) is 0 Å². The average molecular weight is 1120 g/mol. The van der Waals surface area contributed by atoms with Crippen LogP contribution in [0.15, 0.2) is 134 Å². The van der Waals surface area contributed by atoms with Crippen molar-refractivity contribution in [3.63, 3.8) is 0 Å². The van der Waals surface area contributed by atoms with E-state index >= 15 is 0 Å². The van der Waals surface area contributed by atoms with Gasteiger partial charge in [0.1, 0.15) is 13.2 Å². The molecular weight excluding hydrogens is 997 g/mol. The molecule has 0 aromatic heterocycles. The van der Waals surface area contributed by atoms with Gasteiger partial charge >= 0.3 is 17.9 Å². The standard InChI is InChI=1S/C75H124O6/c1-4-7-10-13-16-19-22-24-26-28-30-31-32-33-34-35-36-37-38-39-40-41-42-43-44-45-46-48-49-51-53-56-59-62-65-68-74(77)80-71-72(70-79-73(76)67-64-61-58-55-21-18-15-12-9-6-3)81-75(78)69-66-63-60-57-54-52-50-47-29-27-25-23-20-17-14-11-8-5-2/h7,10,12,15-16,19,24,26-27,29-31,33-34,36-37,39-40,42-43,45-46,72H,4-6,8-9,11,13-14,17-18,20-23,25,28,32,35,38,41,44,47-71H2,1-3H3/b10-7-,15-12-,19-16-,26-24-,29-27-,31-30-,34-33-,37-36-,40-39-,43-42-,46-45-. The summed E-state index contributed by atoms with van der Waals surface area (Å²) in [6.07, 6.45) is 96.2. The van der Waals surface area contributed by atoms with Crippen LogP contribution in [0.1, 0.15) is 303 Å². The molecule has 0 aromatic carbocycles. The fourth-order valence-electron chi connectivity index (χ4n) is 9.08. The van der Waals surface area contributed by atoms with Gasteiger partial charge in [0.2, 0.25) is 0 Å². The molecule has 0 radical (unpaired) electrons. The van der Waals surface area contributed by atoms with E-state index in [9.17, 15) is 14.4 Å². The van der Waals surface area contributed by atoms with Crippen molar-refractivity contribution in [1.82, 2.24) is 0 Å². The van der Waals surface area contributed by atoms with E-state index in [1.807, 2.05) is 0 Å². The Bertz CT molecular complexity index is 1720. The first kappa shape index (κ1) is 76.5. The number of rotatable bonds is 60. The minimum absolute atomic E-state index is 0.0891. The fraction of sp³-hybridized carbons (Fsp3) is 0.667. The summed E-state index contributed by atoms with van der Waals surface area (Å²) in [4.78, 5) is 38.2. The third-order valence-electron chi connectivity index (χ3n) is 14.1. The Morgan fingerprint density at radius 1 is 0.259 bits per heavy atom. The summed E-state index contributed by atoms with van der Waals surface area (Å²) in [5.74, 6) is -0.911. The van der Waals surface area contributed by atoms with Gasteiger partial charge in [-0.1, -0.05) is 283 Å². The number of hydrogen-bond donors (Lipinski definition) is 0. The Labute approximate surface area is 500 Å². The maximum atomic E-state index is 12.9. The van der Waals surface area contributed by atoms with Gasteiger partial charge in [0.25, 0.3) is 0 Å². The number of carbonyl (C=O) groups excluding carboxylic acids is 3. The highest BCUT2D eigenvalue weighted by Crippen LogP contribution is 2.15. The second-order valence-corrected chi connectivity index (χ2v) is 22.0. The van der Waals surface area contributed by atoms with Crippen LogP contribution in [0.5, 0.6) is 0 Å². The van der Waals surface area contributed by atoms with Gasteiger partial charge in [0.05, 0.1) is 0 Å². The SMILES string of the molecule is CC/C=C\C/C=C\C/C=C\C/C=C\C/C=C\C/C=C\C/C=C\C/C=C\C/C=C\CCCCCCCCCC(=O)OCC(COC(=O)CCCCCCC/C=C\CCC)OC(=O)CCCCCCCCC/C=C\CCCCCCCCC. The maximum Gasteiger partial charge on any atom is 0.306 e. The van der Waals surface area contributed by atoms with E-state index in [2.05, 4.69) is 154 Å². The molecule has 0 heterocycles. The summed E-state index contributed by atoms with van der Waals surface area (Å²) < 4.78 is 16.9. The van der Waals surface area contributed by atoms with Crippen molar-refractivity contribution in [2.45, 2.75) is 309 Å². The highest BCUT2D eigenvalue weighted by Gasteiger charge is 2.19. The lowest BCUT2D eigenvalue weighted by atomic mass is 10.1. The van der Waals surface area contributed by atoms with Crippen LogP contribution < -0.4 is 0 Å². The van der Waals surface area contributed by atoms with Gasteiger partial charge in [-0.15, -0.1) is 0 Å². The fourth-order valence-corrected chi connectivity index (χ4v) is 9.08. The Balaban J connectivity index is 4.23. The van der Waals surface area contributed by atoms with Gasteiger partial charge in [-0.3, -0.25) is 14.4 Å². The summed E-state index contributed by atoms with van der Waals surface area (Å²) in [6.45, 7) is 6.45. The van der Waals surface area contributed by atoms with E-state index in [1.165, 1.54) is 122 Å². The number of esters is 3. The normalized spacial score (nSPS) is 13.0. The van der Waals surface area contributed by atoms with Gasteiger partial charge in [-0.25, -0.2) is 0 Å². The van der Waals surface area contributed by atoms with E-state index in [4.69, 9.17) is 14.2 Å². The molecule has 0 saturated heterocycles. The second-order valence-electron chi connectivity index (χ2n) is 22.0. The molecule has 0 fully saturated rings. The number of allylic oxidation sites excluding steroid dienone is 22. The molecule has 81 heavy (non-hydrogen) atoms. The lowest BCUT2D eigenvalue weighted by Gasteiger charge is -2.18. The van der Waals surface area contributed by atoms with Crippen molar-refractivity contribution >= 4 is 17.9 Å². The topological polar surface area (TPSA) is 78.9 Å². The van der Waals surface area contributed by atoms with Gasteiger partial charge in [-0.05, 0) is 135 Å². The summed E-state index contributed by atoms with van der Waals surface area (Å²) in [5.41, 5.74) is 0. The first-order chi connectivity index (χ1) is 40.0. The number of ether oxygens (including phenoxy) is 3. The van der Waals surface area contributed by atoms with Gasteiger partial charge in [0.15, 0.2) is 6.10 Å². The number of hydrogen-bond acceptors (Lipinski definition) is 6. The molecule has 0 N–H and O–H groups in total. The van der Waals surface area contributed by atoms with Gasteiger partial charge in [-0.2, -0.15) is 0 Å². The predicted octanol–water partition coefficient (Wildman–Crippen LogP) is 23.3. The summed E-state index contributed by atoms with van der Waals surface area (Å²) >= 11 is 0. The molecule has 0 rings (SSSR count). The molecule has 6 nitrogen and oxygen atoms in total. The highest BCUT2D eigenvalue weighted by atomic mass is 16.6. The minimum Gasteiger partial charge on any atom is -0.462 e. The van der Waals surface area contributed by atoms with Crippen molar-refractivity contribution in [2.24, 2.45) is 0 Å². The van der Waals surface area contributed by atoms with Crippen molar-refractivity contribution in [3.8, 4) is 0 Å². The van der Waals surface area contributed by atoms with E-state index < -0.39 is 6.10 Å². The number of unbranched alkanes of at least 4 members (excludes halogenated alkanes) is 27. The summed E-state index contributed by atoms with van der Waals surface area (Å²) in [6, 6.07) is 0. The second kappa shape index (κ2) is 68.1. The Morgan fingerprint density at radius 2 is 0.506 bits per heavy atom. The van der Waals surface area contributed by atoms with Crippen LogP contribution in [0.4, 0.5) is 0 Å². The van der Waals surface area contributed by atoms with Crippen LogP contribution in [0.25, 0.3) is 0 Å². The zero-order valence-electron chi connectivity index (χ0n) is 52.8. The van der Waals surface area contributed by atoms with Crippen LogP contribution in [-0.4, -0.2) is 37.2 Å². The van der Waals surface area contributed by atoms with Crippen molar-refractivity contribution in [3.05, 3.63) is 134 Å². The molecule has 0 saturated carbocycles. The molecule has 0 aliphatic rings. The van der Waals surface area contributed by atoms with Crippen LogP contribution >= 0.6 is 0 Å². The lowest BCUT2D eigenvalue weighted by molar-refractivity contribution is -0.167. The molecule has 0 amide bonds. The van der Waals surface area contributed by atoms with E-state index in [0.29, 0.717) is 19.3 Å². The van der Waals surface area contributed by atoms with E-state index in [1.54, 1.807) is 0 Å². The number of carbonyl (C=O) groups is 3.